The van der Waals surface area contributed by atoms with Crippen molar-refractivity contribution in [3.05, 3.63) is 77.4 Å². The molecule has 2 heterocycles. The number of imidazole rings is 1. The van der Waals surface area contributed by atoms with Gasteiger partial charge in [-0.05, 0) is 35.9 Å². The number of hydrogen-bond acceptors (Lipinski definition) is 4. The molecule has 0 atom stereocenters. The van der Waals surface area contributed by atoms with Gasteiger partial charge in [0.1, 0.15) is 12.4 Å². The molecule has 6 nitrogen and oxygen atoms in total. The minimum Gasteiger partial charge on any atom is -0.481 e. The number of pyridine rings is 1. The molecule has 0 radical (unpaired) electrons. The number of aromatic nitrogens is 3. The zero-order chi connectivity index (χ0) is 20.2. The quantitative estimate of drug-likeness (QED) is 0.524. The Morgan fingerprint density at radius 2 is 1.93 bits per heavy atom. The van der Waals surface area contributed by atoms with Crippen LogP contribution in [-0.4, -0.2) is 27.6 Å². The number of benzene rings is 2. The molecular formula is C22H19ClN4O2. The van der Waals surface area contributed by atoms with Crippen molar-refractivity contribution in [1.82, 2.24) is 19.9 Å². The van der Waals surface area contributed by atoms with E-state index >= 15 is 0 Å². The lowest BCUT2D eigenvalue weighted by molar-refractivity contribution is -0.121. The van der Waals surface area contributed by atoms with Crippen molar-refractivity contribution in [2.45, 2.75) is 13.1 Å². The lowest BCUT2D eigenvalue weighted by atomic mass is 10.2. The summed E-state index contributed by atoms with van der Waals surface area (Å²) < 4.78 is 7.01. The number of rotatable bonds is 6. The summed E-state index contributed by atoms with van der Waals surface area (Å²) in [5, 5.41) is 3.53. The Hall–Kier alpha value is -3.38. The number of fused-ring (bicyclic) bond motifs is 1. The fourth-order valence-corrected chi connectivity index (χ4v) is 3.38. The average molecular weight is 407 g/mol. The third kappa shape index (κ3) is 4.07. The fourth-order valence-electron chi connectivity index (χ4n) is 3.16. The predicted octanol–water partition coefficient (Wildman–Crippen LogP) is 4.08. The molecule has 2 aromatic heterocycles. The van der Waals surface area contributed by atoms with E-state index in [0.717, 1.165) is 22.2 Å². The highest BCUT2D eigenvalue weighted by atomic mass is 35.5. The van der Waals surface area contributed by atoms with Crippen LogP contribution in [0.15, 0.2) is 66.9 Å². The molecule has 146 valence electrons. The van der Waals surface area contributed by atoms with Crippen LogP contribution >= 0.6 is 11.6 Å². The molecule has 1 N–H and O–H groups in total. The second kappa shape index (κ2) is 8.32. The number of amides is 1. The van der Waals surface area contributed by atoms with Crippen molar-refractivity contribution < 1.29 is 9.53 Å². The van der Waals surface area contributed by atoms with Crippen molar-refractivity contribution in [3.8, 4) is 17.3 Å². The van der Waals surface area contributed by atoms with Crippen molar-refractivity contribution in [2.75, 3.05) is 7.11 Å². The number of para-hydroxylation sites is 2. The minimum absolute atomic E-state index is 0.128. The molecule has 29 heavy (non-hydrogen) atoms. The molecule has 0 bridgehead atoms. The Morgan fingerprint density at radius 3 is 2.76 bits per heavy atom. The van der Waals surface area contributed by atoms with Gasteiger partial charge >= 0.3 is 0 Å². The smallest absolute Gasteiger partial charge is 0.240 e. The molecule has 0 unspecified atom stereocenters. The Kier molecular flexibility index (Phi) is 5.44. The summed E-state index contributed by atoms with van der Waals surface area (Å²) in [6.07, 6.45) is 1.65. The van der Waals surface area contributed by atoms with E-state index in [-0.39, 0.29) is 12.5 Å². The second-order valence-electron chi connectivity index (χ2n) is 6.47. The summed E-state index contributed by atoms with van der Waals surface area (Å²) in [5.41, 5.74) is 3.39. The summed E-state index contributed by atoms with van der Waals surface area (Å²) in [7, 11) is 1.56. The van der Waals surface area contributed by atoms with E-state index in [1.165, 1.54) is 0 Å². The molecule has 1 amide bonds. The van der Waals surface area contributed by atoms with Crippen LogP contribution in [-0.2, 0) is 17.9 Å². The van der Waals surface area contributed by atoms with E-state index in [1.807, 2.05) is 59.2 Å². The van der Waals surface area contributed by atoms with Crippen LogP contribution in [0.25, 0.3) is 22.4 Å². The van der Waals surface area contributed by atoms with Crippen LogP contribution in [0.5, 0.6) is 5.88 Å². The van der Waals surface area contributed by atoms with E-state index in [9.17, 15) is 4.79 Å². The van der Waals surface area contributed by atoms with Crippen LogP contribution < -0.4 is 10.1 Å². The number of nitrogens with one attached hydrogen (secondary N) is 1. The Bertz CT molecular complexity index is 1170. The van der Waals surface area contributed by atoms with Gasteiger partial charge in [-0.2, -0.15) is 0 Å². The number of carbonyl (C=O) groups is 1. The number of hydrogen-bond donors (Lipinski definition) is 1. The first-order valence-corrected chi connectivity index (χ1v) is 9.49. The van der Waals surface area contributed by atoms with Crippen LogP contribution in [0.1, 0.15) is 5.56 Å². The van der Waals surface area contributed by atoms with Gasteiger partial charge in [0.15, 0.2) is 0 Å². The summed E-state index contributed by atoms with van der Waals surface area (Å²) in [5.74, 6) is 1.05. The second-order valence-corrected chi connectivity index (χ2v) is 6.88. The maximum Gasteiger partial charge on any atom is 0.240 e. The number of methoxy groups -OCH3 is 1. The van der Waals surface area contributed by atoms with Crippen molar-refractivity contribution >= 4 is 28.5 Å². The molecule has 0 fully saturated rings. The number of nitrogens with zero attached hydrogens (tertiary/aromatic N) is 3. The van der Waals surface area contributed by atoms with Gasteiger partial charge < -0.3 is 14.6 Å². The van der Waals surface area contributed by atoms with Gasteiger partial charge in [-0.25, -0.2) is 9.97 Å². The van der Waals surface area contributed by atoms with Gasteiger partial charge in [0, 0.05) is 24.4 Å². The normalized spacial score (nSPS) is 10.8. The van der Waals surface area contributed by atoms with Gasteiger partial charge in [-0.15, -0.1) is 0 Å². The van der Waals surface area contributed by atoms with E-state index in [0.29, 0.717) is 23.3 Å². The summed E-state index contributed by atoms with van der Waals surface area (Å²) >= 11 is 6.39. The minimum atomic E-state index is -0.128. The molecule has 0 saturated carbocycles. The van der Waals surface area contributed by atoms with Gasteiger partial charge in [-0.3, -0.25) is 4.79 Å². The predicted molar refractivity (Wildman–Crippen MR) is 113 cm³/mol. The van der Waals surface area contributed by atoms with Crippen LogP contribution in [0, 0.1) is 0 Å². The van der Waals surface area contributed by atoms with Crippen LogP contribution in [0.3, 0.4) is 0 Å². The molecular weight excluding hydrogens is 388 g/mol. The number of carbonyl (C=O) groups excluding carboxylic acids is 1. The van der Waals surface area contributed by atoms with E-state index < -0.39 is 0 Å². The molecule has 2 aromatic carbocycles. The first-order valence-electron chi connectivity index (χ1n) is 9.11. The van der Waals surface area contributed by atoms with Crippen LogP contribution in [0.2, 0.25) is 5.02 Å². The fraction of sp³-hybridized carbons (Fsp3) is 0.136. The topological polar surface area (TPSA) is 69.0 Å². The van der Waals surface area contributed by atoms with Gasteiger partial charge in [0.2, 0.25) is 11.8 Å². The van der Waals surface area contributed by atoms with Crippen molar-refractivity contribution in [2.24, 2.45) is 0 Å². The standard InChI is InChI=1S/C22H19ClN4O2/c1-29-21-12-15(10-11-24-21)13-25-20(28)14-27-19-9-5-4-8-18(19)26-22(27)16-6-2-3-7-17(16)23/h2-12H,13-14H2,1H3,(H,25,28). The van der Waals surface area contributed by atoms with Gasteiger partial charge in [0.25, 0.3) is 0 Å². The summed E-state index contributed by atoms with van der Waals surface area (Å²) in [6.45, 7) is 0.509. The number of halogens is 1. The molecule has 7 heteroatoms. The highest BCUT2D eigenvalue weighted by molar-refractivity contribution is 6.33. The molecule has 0 aliphatic carbocycles. The first kappa shape index (κ1) is 19.0. The Labute approximate surface area is 173 Å². The largest absolute Gasteiger partial charge is 0.481 e. The zero-order valence-corrected chi connectivity index (χ0v) is 16.6. The highest BCUT2D eigenvalue weighted by Crippen LogP contribution is 2.30. The molecule has 0 aliphatic heterocycles. The Balaban J connectivity index is 1.60. The van der Waals surface area contributed by atoms with Gasteiger partial charge in [0.05, 0.1) is 23.2 Å². The van der Waals surface area contributed by atoms with Gasteiger partial charge in [-0.1, -0.05) is 35.9 Å². The van der Waals surface area contributed by atoms with Crippen LogP contribution in [0.4, 0.5) is 0 Å². The molecule has 4 rings (SSSR count). The van der Waals surface area contributed by atoms with E-state index in [1.54, 1.807) is 19.4 Å². The highest BCUT2D eigenvalue weighted by Gasteiger charge is 2.16. The molecule has 4 aromatic rings. The maximum atomic E-state index is 12.7. The summed E-state index contributed by atoms with van der Waals surface area (Å²) in [4.78, 5) is 21.5. The zero-order valence-electron chi connectivity index (χ0n) is 15.8. The molecule has 0 spiro atoms. The van der Waals surface area contributed by atoms with Crippen molar-refractivity contribution in [3.63, 3.8) is 0 Å². The first-order chi connectivity index (χ1) is 14.2. The Morgan fingerprint density at radius 1 is 1.14 bits per heavy atom. The SMILES string of the molecule is COc1cc(CNC(=O)Cn2c(-c3ccccc3Cl)nc3ccccc32)ccn1. The molecule has 0 aliphatic rings. The maximum absolute atomic E-state index is 12.7. The summed E-state index contributed by atoms with van der Waals surface area (Å²) in [6, 6.07) is 18.9. The lowest BCUT2D eigenvalue weighted by Gasteiger charge is -2.11. The number of ether oxygens (including phenoxy) is 1. The lowest BCUT2D eigenvalue weighted by Crippen LogP contribution is -2.27. The van der Waals surface area contributed by atoms with E-state index in [2.05, 4.69) is 10.3 Å². The molecule has 0 saturated heterocycles. The third-order valence-electron chi connectivity index (χ3n) is 4.57. The van der Waals surface area contributed by atoms with Crippen molar-refractivity contribution in [1.29, 1.82) is 0 Å². The average Bonchev–Trinajstić information content (AvgIpc) is 3.11. The third-order valence-corrected chi connectivity index (χ3v) is 4.90. The monoisotopic (exact) mass is 406 g/mol. The van der Waals surface area contributed by atoms with E-state index in [4.69, 9.17) is 21.3 Å².